The zero-order chi connectivity index (χ0) is 26.5. The van der Waals surface area contributed by atoms with Gasteiger partial charge in [-0.05, 0) is 60.4 Å². The second-order valence-corrected chi connectivity index (χ2v) is 8.87. The number of nitrogens with zero attached hydrogens (tertiary/aromatic N) is 1. The molecule has 0 spiro atoms. The Hall–Kier alpha value is -4.39. The molecule has 2 amide bonds. The Morgan fingerprint density at radius 3 is 2.32 bits per heavy atom. The zero-order valence-corrected chi connectivity index (χ0v) is 21.2. The van der Waals surface area contributed by atoms with Crippen molar-refractivity contribution in [2.24, 2.45) is 0 Å². The highest BCUT2D eigenvalue weighted by Gasteiger charge is 2.47. The molecule has 3 aromatic rings. The number of nitrogens with one attached hydrogen (secondary N) is 1. The van der Waals surface area contributed by atoms with Crippen LogP contribution in [0.25, 0.3) is 5.76 Å². The van der Waals surface area contributed by atoms with Gasteiger partial charge in [0.25, 0.3) is 11.7 Å². The lowest BCUT2D eigenvalue weighted by atomic mass is 9.94. The van der Waals surface area contributed by atoms with Crippen LogP contribution in [0, 0.1) is 0 Å². The Balaban J connectivity index is 1.84. The summed E-state index contributed by atoms with van der Waals surface area (Å²) in [4.78, 5) is 39.6. The van der Waals surface area contributed by atoms with E-state index in [1.807, 2.05) is 38.1 Å². The monoisotopic (exact) mass is 498 g/mol. The van der Waals surface area contributed by atoms with Gasteiger partial charge in [0.2, 0.25) is 5.91 Å². The number of ether oxygens (including phenoxy) is 1. The first-order chi connectivity index (χ1) is 17.8. The van der Waals surface area contributed by atoms with Crippen LogP contribution in [0.3, 0.4) is 0 Å². The number of rotatable bonds is 8. The molecule has 0 saturated carbocycles. The first kappa shape index (κ1) is 25.7. The van der Waals surface area contributed by atoms with E-state index in [0.717, 1.165) is 18.4 Å². The zero-order valence-electron chi connectivity index (χ0n) is 21.2. The van der Waals surface area contributed by atoms with Crippen LogP contribution in [-0.2, 0) is 20.8 Å². The minimum absolute atomic E-state index is 0.00725. The van der Waals surface area contributed by atoms with E-state index in [1.54, 1.807) is 48.5 Å². The van der Waals surface area contributed by atoms with Gasteiger partial charge in [0.15, 0.2) is 0 Å². The van der Waals surface area contributed by atoms with Crippen LogP contribution < -0.4 is 15.0 Å². The molecular formula is C30H30N2O5. The molecule has 7 nitrogen and oxygen atoms in total. The number of benzene rings is 3. The van der Waals surface area contributed by atoms with Crippen LogP contribution in [0.15, 0.2) is 78.4 Å². The molecule has 0 aliphatic carbocycles. The number of aryl methyl sites for hydroxylation is 1. The van der Waals surface area contributed by atoms with Gasteiger partial charge in [-0.3, -0.25) is 19.3 Å². The van der Waals surface area contributed by atoms with Crippen molar-refractivity contribution in [1.82, 2.24) is 0 Å². The van der Waals surface area contributed by atoms with Gasteiger partial charge in [-0.2, -0.15) is 0 Å². The molecule has 1 heterocycles. The molecule has 190 valence electrons. The molecule has 1 unspecified atom stereocenters. The van der Waals surface area contributed by atoms with Crippen molar-refractivity contribution < 1.29 is 24.2 Å². The maximum atomic E-state index is 13.4. The fourth-order valence-electron chi connectivity index (χ4n) is 4.37. The molecule has 1 aliphatic heterocycles. The normalized spacial score (nSPS) is 16.6. The minimum atomic E-state index is -0.835. The molecule has 0 radical (unpaired) electrons. The van der Waals surface area contributed by atoms with Crippen molar-refractivity contribution in [3.8, 4) is 5.75 Å². The quantitative estimate of drug-likeness (QED) is 0.239. The summed E-state index contributed by atoms with van der Waals surface area (Å²) in [5.74, 6) is -1.42. The van der Waals surface area contributed by atoms with Crippen molar-refractivity contribution in [3.05, 3.63) is 95.1 Å². The minimum Gasteiger partial charge on any atom is -0.507 e. The summed E-state index contributed by atoms with van der Waals surface area (Å²) in [5.41, 5.74) is 3.25. The van der Waals surface area contributed by atoms with E-state index >= 15 is 0 Å². The third-order valence-electron chi connectivity index (χ3n) is 6.19. The Bertz CT molecular complexity index is 1340. The summed E-state index contributed by atoms with van der Waals surface area (Å²) in [6.07, 6.45) is 1.67. The van der Waals surface area contributed by atoms with E-state index < -0.39 is 17.7 Å². The number of amides is 2. The Labute approximate surface area is 216 Å². The lowest BCUT2D eigenvalue weighted by Crippen LogP contribution is -2.29. The number of ketones is 1. The smallest absolute Gasteiger partial charge is 0.300 e. The molecule has 1 fully saturated rings. The molecule has 1 aliphatic rings. The van der Waals surface area contributed by atoms with Gasteiger partial charge < -0.3 is 15.2 Å². The number of aliphatic hydroxyl groups is 1. The molecule has 3 aromatic carbocycles. The van der Waals surface area contributed by atoms with Gasteiger partial charge >= 0.3 is 0 Å². The van der Waals surface area contributed by atoms with Crippen molar-refractivity contribution in [2.75, 3.05) is 16.8 Å². The highest BCUT2D eigenvalue weighted by atomic mass is 16.5. The first-order valence-electron chi connectivity index (χ1n) is 12.3. The van der Waals surface area contributed by atoms with Gasteiger partial charge in [0.05, 0.1) is 18.2 Å². The molecule has 7 heteroatoms. The second kappa shape index (κ2) is 11.1. The molecule has 0 bridgehead atoms. The van der Waals surface area contributed by atoms with Crippen molar-refractivity contribution in [1.29, 1.82) is 0 Å². The first-order valence-corrected chi connectivity index (χ1v) is 12.3. The van der Waals surface area contributed by atoms with E-state index in [4.69, 9.17) is 4.74 Å². The molecule has 1 saturated heterocycles. The van der Waals surface area contributed by atoms with E-state index in [1.165, 1.54) is 11.8 Å². The van der Waals surface area contributed by atoms with E-state index in [9.17, 15) is 19.5 Å². The molecular weight excluding hydrogens is 468 g/mol. The van der Waals surface area contributed by atoms with Crippen LogP contribution in [0.5, 0.6) is 5.75 Å². The summed E-state index contributed by atoms with van der Waals surface area (Å²) in [5, 5.41) is 14.1. The van der Waals surface area contributed by atoms with Gasteiger partial charge in [-0.1, -0.05) is 50.2 Å². The maximum Gasteiger partial charge on any atom is 0.300 e. The summed E-state index contributed by atoms with van der Waals surface area (Å²) in [6.45, 7) is 5.98. The summed E-state index contributed by atoms with van der Waals surface area (Å²) in [7, 11) is 0. The van der Waals surface area contributed by atoms with E-state index in [-0.39, 0.29) is 17.2 Å². The summed E-state index contributed by atoms with van der Waals surface area (Å²) in [6, 6.07) is 20.4. The predicted molar refractivity (Wildman–Crippen MR) is 144 cm³/mol. The van der Waals surface area contributed by atoms with Crippen LogP contribution >= 0.6 is 0 Å². The average Bonchev–Trinajstić information content (AvgIpc) is 3.17. The number of Topliss-reactive ketones (excluding diaryl/α,β-unsaturated/α-hetero) is 1. The molecule has 1 atom stereocenters. The second-order valence-electron chi connectivity index (χ2n) is 8.87. The van der Waals surface area contributed by atoms with Gasteiger partial charge in [0.1, 0.15) is 11.5 Å². The van der Waals surface area contributed by atoms with Crippen LogP contribution in [0.4, 0.5) is 11.4 Å². The Morgan fingerprint density at radius 1 is 1.00 bits per heavy atom. The van der Waals surface area contributed by atoms with E-state index in [2.05, 4.69) is 5.32 Å². The average molecular weight is 499 g/mol. The topological polar surface area (TPSA) is 95.9 Å². The van der Waals surface area contributed by atoms with Crippen molar-refractivity contribution >= 4 is 34.7 Å². The van der Waals surface area contributed by atoms with Crippen molar-refractivity contribution in [3.63, 3.8) is 0 Å². The van der Waals surface area contributed by atoms with Gasteiger partial charge in [-0.15, -0.1) is 0 Å². The Morgan fingerprint density at radius 2 is 1.70 bits per heavy atom. The van der Waals surface area contributed by atoms with E-state index in [0.29, 0.717) is 34.9 Å². The molecule has 0 aromatic heterocycles. The number of hydrogen-bond acceptors (Lipinski definition) is 5. The standard InChI is InChI=1S/C30H30N2O5/c1-4-17-37-25-8-6-7-22(18-25)28(34)26-27(21-11-9-20(5-2)10-12-21)32(30(36)29(26)35)24-15-13-23(14-16-24)31-19(3)33/h6-16,18,27,34H,4-5,17H2,1-3H3,(H,31,33)/b28-26-. The Kier molecular flexibility index (Phi) is 7.72. The lowest BCUT2D eigenvalue weighted by molar-refractivity contribution is -0.132. The highest BCUT2D eigenvalue weighted by Crippen LogP contribution is 2.42. The summed E-state index contributed by atoms with van der Waals surface area (Å²) >= 11 is 0. The molecule has 4 rings (SSSR count). The third kappa shape index (κ3) is 5.40. The fourth-order valence-corrected chi connectivity index (χ4v) is 4.37. The third-order valence-corrected chi connectivity index (χ3v) is 6.19. The van der Waals surface area contributed by atoms with Crippen LogP contribution in [0.2, 0.25) is 0 Å². The molecule has 37 heavy (non-hydrogen) atoms. The largest absolute Gasteiger partial charge is 0.507 e. The summed E-state index contributed by atoms with van der Waals surface area (Å²) < 4.78 is 5.70. The maximum absolute atomic E-state index is 13.4. The van der Waals surface area contributed by atoms with Gasteiger partial charge in [0, 0.05) is 23.9 Å². The number of aliphatic hydroxyl groups excluding tert-OH is 1. The SMILES string of the molecule is CCCOc1cccc(/C(O)=C2/C(=O)C(=O)N(c3ccc(NC(C)=O)cc3)C2c2ccc(CC)cc2)c1. The van der Waals surface area contributed by atoms with Crippen LogP contribution in [-0.4, -0.2) is 29.3 Å². The number of carbonyl (C=O) groups excluding carboxylic acids is 3. The van der Waals surface area contributed by atoms with Gasteiger partial charge in [-0.25, -0.2) is 0 Å². The fraction of sp³-hybridized carbons (Fsp3) is 0.233. The number of anilines is 2. The lowest BCUT2D eigenvalue weighted by Gasteiger charge is -2.26. The van der Waals surface area contributed by atoms with Crippen molar-refractivity contribution in [2.45, 2.75) is 39.7 Å². The molecule has 2 N–H and O–H groups in total. The highest BCUT2D eigenvalue weighted by molar-refractivity contribution is 6.51. The number of carbonyl (C=O) groups is 3. The number of hydrogen-bond donors (Lipinski definition) is 2. The van der Waals surface area contributed by atoms with Crippen LogP contribution in [0.1, 0.15) is 49.9 Å². The predicted octanol–water partition coefficient (Wildman–Crippen LogP) is 5.62.